The minimum absolute atomic E-state index is 0.00582. The Hall–Kier alpha value is -0.650. The predicted molar refractivity (Wildman–Crippen MR) is 73.3 cm³/mol. The summed E-state index contributed by atoms with van der Waals surface area (Å²) in [6.45, 7) is 4.30. The number of hydrogen-bond donors (Lipinski definition) is 2. The third kappa shape index (κ3) is 5.33. The molecule has 102 valence electrons. The van der Waals surface area contributed by atoms with Crippen LogP contribution >= 0.6 is 11.8 Å². The van der Waals surface area contributed by atoms with Crippen LogP contribution in [0.4, 0.5) is 8.78 Å². The summed E-state index contributed by atoms with van der Waals surface area (Å²) >= 11 is 1.78. The average Bonchev–Trinajstić information content (AvgIpc) is 2.30. The van der Waals surface area contributed by atoms with E-state index in [9.17, 15) is 8.78 Å². The Bertz CT molecular complexity index is 372. The number of thioether (sulfide) groups is 1. The number of hydrazine groups is 1. The molecule has 0 bridgehead atoms. The van der Waals surface area contributed by atoms with Gasteiger partial charge in [0.05, 0.1) is 0 Å². The lowest BCUT2D eigenvalue weighted by molar-refractivity contribution is 0.535. The number of hydrogen-bond acceptors (Lipinski definition) is 3. The van der Waals surface area contributed by atoms with Crippen molar-refractivity contribution in [3.05, 3.63) is 35.4 Å². The molecule has 1 rings (SSSR count). The standard InChI is InChI=1S/C13H20F2N2S/c1-9(2)7-18-8-12(17-16)5-10-3-4-11(14)6-13(10)15/h3-4,6,9,12,17H,5,7-8,16H2,1-2H3. The Kier molecular flexibility index (Phi) is 6.60. The van der Waals surface area contributed by atoms with E-state index in [4.69, 9.17) is 5.84 Å². The fourth-order valence-corrected chi connectivity index (χ4v) is 2.67. The highest BCUT2D eigenvalue weighted by atomic mass is 32.2. The SMILES string of the molecule is CC(C)CSCC(Cc1ccc(F)cc1F)NN. The van der Waals surface area contributed by atoms with Gasteiger partial charge in [0.1, 0.15) is 11.6 Å². The minimum atomic E-state index is -0.553. The third-order valence-electron chi connectivity index (χ3n) is 2.49. The summed E-state index contributed by atoms with van der Waals surface area (Å²) in [7, 11) is 0. The van der Waals surface area contributed by atoms with E-state index in [2.05, 4.69) is 19.3 Å². The molecule has 0 radical (unpaired) electrons. The van der Waals surface area contributed by atoms with Crippen molar-refractivity contribution in [2.45, 2.75) is 26.3 Å². The van der Waals surface area contributed by atoms with Crippen molar-refractivity contribution in [1.29, 1.82) is 0 Å². The zero-order chi connectivity index (χ0) is 13.5. The van der Waals surface area contributed by atoms with Gasteiger partial charge in [-0.1, -0.05) is 19.9 Å². The van der Waals surface area contributed by atoms with Crippen LogP contribution in [0.1, 0.15) is 19.4 Å². The van der Waals surface area contributed by atoms with Crippen molar-refractivity contribution in [2.75, 3.05) is 11.5 Å². The predicted octanol–water partition coefficient (Wildman–Crippen LogP) is 2.73. The summed E-state index contributed by atoms with van der Waals surface area (Å²) in [5.74, 6) is 6.87. The molecule has 0 saturated heterocycles. The van der Waals surface area contributed by atoms with Crippen molar-refractivity contribution in [3.8, 4) is 0 Å². The zero-order valence-electron chi connectivity index (χ0n) is 10.7. The van der Waals surface area contributed by atoms with Crippen molar-refractivity contribution < 1.29 is 8.78 Å². The monoisotopic (exact) mass is 274 g/mol. The molecule has 0 heterocycles. The molecule has 0 spiro atoms. The smallest absolute Gasteiger partial charge is 0.129 e. The van der Waals surface area contributed by atoms with E-state index in [1.54, 1.807) is 11.8 Å². The van der Waals surface area contributed by atoms with E-state index in [1.807, 2.05) is 0 Å². The van der Waals surface area contributed by atoms with Gasteiger partial charge in [0, 0.05) is 17.9 Å². The molecule has 1 atom stereocenters. The van der Waals surface area contributed by atoms with Gasteiger partial charge in [0.25, 0.3) is 0 Å². The van der Waals surface area contributed by atoms with Crippen LogP contribution in [-0.2, 0) is 6.42 Å². The number of nitrogens with one attached hydrogen (secondary N) is 1. The Morgan fingerprint density at radius 2 is 2.00 bits per heavy atom. The van der Waals surface area contributed by atoms with Gasteiger partial charge in [-0.3, -0.25) is 11.3 Å². The van der Waals surface area contributed by atoms with Gasteiger partial charge in [-0.25, -0.2) is 8.78 Å². The fourth-order valence-electron chi connectivity index (χ4n) is 1.56. The Balaban J connectivity index is 2.51. The molecule has 2 nitrogen and oxygen atoms in total. The molecule has 0 fully saturated rings. The first-order valence-corrected chi connectivity index (χ1v) is 7.16. The number of benzene rings is 1. The second-order valence-corrected chi connectivity index (χ2v) is 5.81. The maximum absolute atomic E-state index is 13.5. The summed E-state index contributed by atoms with van der Waals surface area (Å²) < 4.78 is 26.3. The van der Waals surface area contributed by atoms with Gasteiger partial charge < -0.3 is 0 Å². The first-order chi connectivity index (χ1) is 8.52. The van der Waals surface area contributed by atoms with Crippen LogP contribution < -0.4 is 11.3 Å². The van der Waals surface area contributed by atoms with Gasteiger partial charge in [-0.2, -0.15) is 11.8 Å². The lowest BCUT2D eigenvalue weighted by Gasteiger charge is -2.16. The molecule has 0 aliphatic heterocycles. The van der Waals surface area contributed by atoms with Gasteiger partial charge in [0.15, 0.2) is 0 Å². The van der Waals surface area contributed by atoms with E-state index in [0.29, 0.717) is 17.9 Å². The molecule has 0 aliphatic rings. The van der Waals surface area contributed by atoms with E-state index < -0.39 is 11.6 Å². The summed E-state index contributed by atoms with van der Waals surface area (Å²) in [6.07, 6.45) is 0.466. The second-order valence-electron chi connectivity index (χ2n) is 4.73. The maximum Gasteiger partial charge on any atom is 0.129 e. The summed E-state index contributed by atoms with van der Waals surface area (Å²) in [4.78, 5) is 0. The molecule has 0 amide bonds. The number of rotatable bonds is 7. The molecule has 0 aliphatic carbocycles. The highest BCUT2D eigenvalue weighted by molar-refractivity contribution is 7.99. The van der Waals surface area contributed by atoms with Crippen LogP contribution in [0.25, 0.3) is 0 Å². The summed E-state index contributed by atoms with van der Waals surface area (Å²) in [5, 5.41) is 0. The number of halogens is 2. The van der Waals surface area contributed by atoms with E-state index in [1.165, 1.54) is 12.1 Å². The molecular formula is C13H20F2N2S. The van der Waals surface area contributed by atoms with Crippen molar-refractivity contribution >= 4 is 11.8 Å². The van der Waals surface area contributed by atoms with Gasteiger partial charge in [-0.15, -0.1) is 0 Å². The van der Waals surface area contributed by atoms with Crippen LogP contribution in [0, 0.1) is 17.6 Å². The molecule has 0 saturated carbocycles. The molecule has 1 unspecified atom stereocenters. The summed E-state index contributed by atoms with van der Waals surface area (Å²) in [5.41, 5.74) is 3.18. The topological polar surface area (TPSA) is 38.0 Å². The van der Waals surface area contributed by atoms with Crippen LogP contribution in [0.15, 0.2) is 18.2 Å². The van der Waals surface area contributed by atoms with Crippen molar-refractivity contribution in [2.24, 2.45) is 11.8 Å². The van der Waals surface area contributed by atoms with Crippen LogP contribution in [0.5, 0.6) is 0 Å². The molecule has 0 aromatic heterocycles. The van der Waals surface area contributed by atoms with Gasteiger partial charge in [-0.05, 0) is 29.7 Å². The Morgan fingerprint density at radius 1 is 1.28 bits per heavy atom. The molecule has 1 aromatic rings. The molecule has 5 heteroatoms. The lowest BCUT2D eigenvalue weighted by atomic mass is 10.1. The first kappa shape index (κ1) is 15.4. The van der Waals surface area contributed by atoms with Crippen molar-refractivity contribution in [3.63, 3.8) is 0 Å². The second kappa shape index (κ2) is 7.71. The molecular weight excluding hydrogens is 254 g/mol. The summed E-state index contributed by atoms with van der Waals surface area (Å²) in [6, 6.07) is 3.65. The van der Waals surface area contributed by atoms with Crippen LogP contribution in [-0.4, -0.2) is 17.5 Å². The average molecular weight is 274 g/mol. The van der Waals surface area contributed by atoms with Gasteiger partial charge >= 0.3 is 0 Å². The van der Waals surface area contributed by atoms with E-state index >= 15 is 0 Å². The lowest BCUT2D eigenvalue weighted by Crippen LogP contribution is -2.39. The molecule has 18 heavy (non-hydrogen) atoms. The maximum atomic E-state index is 13.5. The van der Waals surface area contributed by atoms with Crippen LogP contribution in [0.3, 0.4) is 0 Å². The van der Waals surface area contributed by atoms with E-state index in [0.717, 1.165) is 17.6 Å². The highest BCUT2D eigenvalue weighted by Gasteiger charge is 2.12. The van der Waals surface area contributed by atoms with Gasteiger partial charge in [0.2, 0.25) is 0 Å². The zero-order valence-corrected chi connectivity index (χ0v) is 11.6. The molecule has 3 N–H and O–H groups in total. The Labute approximate surface area is 111 Å². The largest absolute Gasteiger partial charge is 0.271 e. The van der Waals surface area contributed by atoms with Crippen molar-refractivity contribution in [1.82, 2.24) is 5.43 Å². The first-order valence-electron chi connectivity index (χ1n) is 6.00. The quantitative estimate of drug-likeness (QED) is 0.593. The third-order valence-corrected chi connectivity index (χ3v) is 4.03. The highest BCUT2D eigenvalue weighted by Crippen LogP contribution is 2.15. The minimum Gasteiger partial charge on any atom is -0.271 e. The Morgan fingerprint density at radius 3 is 2.56 bits per heavy atom. The fraction of sp³-hybridized carbons (Fsp3) is 0.538. The normalized spacial score (nSPS) is 13.0. The number of nitrogens with two attached hydrogens (primary N) is 1. The molecule has 1 aromatic carbocycles. The van der Waals surface area contributed by atoms with E-state index in [-0.39, 0.29) is 6.04 Å². The van der Waals surface area contributed by atoms with Crippen LogP contribution in [0.2, 0.25) is 0 Å².